The van der Waals surface area contributed by atoms with E-state index in [2.05, 4.69) is 9.97 Å². The van der Waals surface area contributed by atoms with Gasteiger partial charge in [-0.3, -0.25) is 0 Å². The number of benzene rings is 1. The maximum absolute atomic E-state index is 5.85. The van der Waals surface area contributed by atoms with Crippen LogP contribution in [0.5, 0.6) is 5.75 Å². The van der Waals surface area contributed by atoms with E-state index < -0.39 is 0 Å². The number of ether oxygens (including phenoxy) is 1. The molecule has 1 aromatic carbocycles. The van der Waals surface area contributed by atoms with Crippen LogP contribution in [0.1, 0.15) is 24.2 Å². The fourth-order valence-electron chi connectivity index (χ4n) is 1.82. The molecule has 0 aliphatic carbocycles. The molecule has 0 spiro atoms. The number of nitrogens with zero attached hydrogens (tertiary/aromatic N) is 2. The molecule has 2 N–H and O–H groups in total. The monoisotopic (exact) mass is 243 g/mol. The van der Waals surface area contributed by atoms with E-state index in [-0.39, 0.29) is 6.04 Å². The number of aromatic nitrogens is 2. The first-order valence-electron chi connectivity index (χ1n) is 5.85. The second-order valence-electron chi connectivity index (χ2n) is 4.25. The van der Waals surface area contributed by atoms with Gasteiger partial charge in [-0.1, -0.05) is 12.1 Å². The molecular formula is C14H17N3O. The topological polar surface area (TPSA) is 61.0 Å². The van der Waals surface area contributed by atoms with Crippen molar-refractivity contribution in [3.05, 3.63) is 41.7 Å². The van der Waals surface area contributed by atoms with E-state index in [9.17, 15) is 0 Å². The Labute approximate surface area is 107 Å². The minimum absolute atomic E-state index is 0.0515. The normalized spacial score (nSPS) is 12.2. The van der Waals surface area contributed by atoms with Crippen molar-refractivity contribution >= 4 is 0 Å². The minimum Gasteiger partial charge on any atom is -0.497 e. The Morgan fingerprint density at radius 3 is 2.72 bits per heavy atom. The second kappa shape index (κ2) is 5.14. The van der Waals surface area contributed by atoms with Gasteiger partial charge in [0.2, 0.25) is 0 Å². The molecule has 0 radical (unpaired) electrons. The van der Waals surface area contributed by atoms with Crippen LogP contribution in [0.2, 0.25) is 0 Å². The fourth-order valence-corrected chi connectivity index (χ4v) is 1.82. The summed E-state index contributed by atoms with van der Waals surface area (Å²) in [5.41, 5.74) is 8.68. The predicted octanol–water partition coefficient (Wildman–Crippen LogP) is 2.48. The highest BCUT2D eigenvalue weighted by Crippen LogP contribution is 2.22. The Kier molecular flexibility index (Phi) is 3.58. The molecule has 2 aromatic rings. The van der Waals surface area contributed by atoms with Crippen molar-refractivity contribution in [3.63, 3.8) is 0 Å². The van der Waals surface area contributed by atoms with E-state index in [1.165, 1.54) is 0 Å². The fraction of sp³-hybridized carbons (Fsp3) is 0.286. The molecule has 0 saturated carbocycles. The quantitative estimate of drug-likeness (QED) is 0.899. The van der Waals surface area contributed by atoms with E-state index in [1.807, 2.05) is 38.1 Å². The number of nitrogens with two attached hydrogens (primary N) is 1. The van der Waals surface area contributed by atoms with Gasteiger partial charge in [0.25, 0.3) is 0 Å². The van der Waals surface area contributed by atoms with E-state index >= 15 is 0 Å². The minimum atomic E-state index is -0.0515. The molecule has 4 heteroatoms. The van der Waals surface area contributed by atoms with Gasteiger partial charge in [0.1, 0.15) is 5.75 Å². The van der Waals surface area contributed by atoms with Gasteiger partial charge in [0, 0.05) is 29.1 Å². The standard InChI is InChI=1S/C14H17N3O/c1-9(15)13-8-16-14(17-10(13)2)11-5-4-6-12(7-11)18-3/h4-9H,15H2,1-3H3/t9-/m0/s1. The molecule has 0 amide bonds. The SMILES string of the molecule is COc1cccc(-c2ncc([C@H](C)N)c(C)n2)c1. The lowest BCUT2D eigenvalue weighted by atomic mass is 10.1. The van der Waals surface area contributed by atoms with Crippen molar-refractivity contribution in [2.75, 3.05) is 7.11 Å². The third-order valence-electron chi connectivity index (χ3n) is 2.84. The van der Waals surface area contributed by atoms with Crippen LogP contribution in [0.3, 0.4) is 0 Å². The van der Waals surface area contributed by atoms with Crippen molar-refractivity contribution < 1.29 is 4.74 Å². The first-order valence-corrected chi connectivity index (χ1v) is 5.85. The molecule has 1 aromatic heterocycles. The van der Waals surface area contributed by atoms with Crippen molar-refractivity contribution in [3.8, 4) is 17.1 Å². The Morgan fingerprint density at radius 2 is 2.11 bits per heavy atom. The van der Waals surface area contributed by atoms with Crippen LogP contribution < -0.4 is 10.5 Å². The summed E-state index contributed by atoms with van der Waals surface area (Å²) in [6.45, 7) is 3.88. The number of methoxy groups -OCH3 is 1. The zero-order valence-corrected chi connectivity index (χ0v) is 10.8. The van der Waals surface area contributed by atoms with Crippen LogP contribution in [0.25, 0.3) is 11.4 Å². The number of hydrogen-bond donors (Lipinski definition) is 1. The highest BCUT2D eigenvalue weighted by molar-refractivity contribution is 5.57. The van der Waals surface area contributed by atoms with Crippen LogP contribution >= 0.6 is 0 Å². The zero-order chi connectivity index (χ0) is 13.1. The van der Waals surface area contributed by atoms with E-state index in [1.54, 1.807) is 13.3 Å². The van der Waals surface area contributed by atoms with E-state index in [0.29, 0.717) is 5.82 Å². The third kappa shape index (κ3) is 2.49. The summed E-state index contributed by atoms with van der Waals surface area (Å²) in [5.74, 6) is 1.49. The Balaban J connectivity index is 2.42. The molecule has 0 saturated heterocycles. The van der Waals surface area contributed by atoms with Gasteiger partial charge < -0.3 is 10.5 Å². The van der Waals surface area contributed by atoms with E-state index in [0.717, 1.165) is 22.6 Å². The highest BCUT2D eigenvalue weighted by atomic mass is 16.5. The van der Waals surface area contributed by atoms with Crippen LogP contribution in [0, 0.1) is 6.92 Å². The predicted molar refractivity (Wildman–Crippen MR) is 71.4 cm³/mol. The molecule has 0 fully saturated rings. The molecular weight excluding hydrogens is 226 g/mol. The van der Waals surface area contributed by atoms with Gasteiger partial charge in [0.15, 0.2) is 5.82 Å². The average molecular weight is 243 g/mol. The summed E-state index contributed by atoms with van der Waals surface area (Å²) >= 11 is 0. The maximum atomic E-state index is 5.85. The summed E-state index contributed by atoms with van der Waals surface area (Å²) < 4.78 is 5.19. The van der Waals surface area contributed by atoms with Crippen molar-refractivity contribution in [1.82, 2.24) is 9.97 Å². The summed E-state index contributed by atoms with van der Waals surface area (Å²) in [6, 6.07) is 7.65. The van der Waals surface area contributed by atoms with Gasteiger partial charge in [0.05, 0.1) is 7.11 Å². The molecule has 0 aliphatic heterocycles. The summed E-state index contributed by atoms with van der Waals surface area (Å²) in [6.07, 6.45) is 1.79. The Hall–Kier alpha value is -1.94. The average Bonchev–Trinajstić information content (AvgIpc) is 2.38. The lowest BCUT2D eigenvalue weighted by molar-refractivity contribution is 0.415. The molecule has 0 aliphatic rings. The van der Waals surface area contributed by atoms with Crippen molar-refractivity contribution in [2.45, 2.75) is 19.9 Å². The first-order chi connectivity index (χ1) is 8.61. The number of aryl methyl sites for hydroxylation is 1. The maximum Gasteiger partial charge on any atom is 0.159 e. The Morgan fingerprint density at radius 1 is 1.33 bits per heavy atom. The molecule has 18 heavy (non-hydrogen) atoms. The van der Waals surface area contributed by atoms with Gasteiger partial charge in [-0.25, -0.2) is 9.97 Å². The third-order valence-corrected chi connectivity index (χ3v) is 2.84. The van der Waals surface area contributed by atoms with Crippen molar-refractivity contribution in [1.29, 1.82) is 0 Å². The lowest BCUT2D eigenvalue weighted by Crippen LogP contribution is -2.09. The van der Waals surface area contributed by atoms with E-state index in [4.69, 9.17) is 10.5 Å². The lowest BCUT2D eigenvalue weighted by Gasteiger charge is -2.10. The Bertz CT molecular complexity index is 552. The van der Waals surface area contributed by atoms with Crippen LogP contribution in [0.15, 0.2) is 30.5 Å². The number of rotatable bonds is 3. The summed E-state index contributed by atoms with van der Waals surface area (Å²) in [7, 11) is 1.64. The largest absolute Gasteiger partial charge is 0.497 e. The second-order valence-corrected chi connectivity index (χ2v) is 4.25. The number of hydrogen-bond acceptors (Lipinski definition) is 4. The van der Waals surface area contributed by atoms with Crippen LogP contribution in [0.4, 0.5) is 0 Å². The van der Waals surface area contributed by atoms with Crippen LogP contribution in [-0.2, 0) is 0 Å². The molecule has 0 unspecified atom stereocenters. The molecule has 1 heterocycles. The van der Waals surface area contributed by atoms with Gasteiger partial charge in [-0.2, -0.15) is 0 Å². The van der Waals surface area contributed by atoms with Crippen LogP contribution in [-0.4, -0.2) is 17.1 Å². The smallest absolute Gasteiger partial charge is 0.159 e. The first kappa shape index (κ1) is 12.5. The molecule has 4 nitrogen and oxygen atoms in total. The molecule has 1 atom stereocenters. The zero-order valence-electron chi connectivity index (χ0n) is 10.8. The van der Waals surface area contributed by atoms with Gasteiger partial charge in [-0.05, 0) is 26.0 Å². The molecule has 94 valence electrons. The van der Waals surface area contributed by atoms with Gasteiger partial charge in [-0.15, -0.1) is 0 Å². The molecule has 0 bridgehead atoms. The highest BCUT2D eigenvalue weighted by Gasteiger charge is 2.08. The summed E-state index contributed by atoms with van der Waals surface area (Å²) in [5, 5.41) is 0. The summed E-state index contributed by atoms with van der Waals surface area (Å²) in [4.78, 5) is 8.85. The molecule has 2 rings (SSSR count). The van der Waals surface area contributed by atoms with Gasteiger partial charge >= 0.3 is 0 Å². The van der Waals surface area contributed by atoms with Crippen molar-refractivity contribution in [2.24, 2.45) is 5.73 Å².